The van der Waals surface area contributed by atoms with Crippen molar-refractivity contribution in [2.75, 3.05) is 20.7 Å². The van der Waals surface area contributed by atoms with E-state index in [4.69, 9.17) is 5.26 Å². The largest absolute Gasteiger partial charge is 0.453 e. The van der Waals surface area contributed by atoms with Gasteiger partial charge in [-0.2, -0.15) is 5.26 Å². The number of carbonyl (C=O) groups excluding carboxylic acids is 1. The number of ether oxygens (including phenoxy) is 1. The molecule has 0 aliphatic rings. The molecule has 1 unspecified atom stereocenters. The zero-order chi connectivity index (χ0) is 9.56. The van der Waals surface area contributed by atoms with Crippen LogP contribution in [-0.2, 0) is 4.74 Å². The van der Waals surface area contributed by atoms with E-state index >= 15 is 0 Å². The third kappa shape index (κ3) is 3.24. The molecular formula is C8H14N2O2. The minimum absolute atomic E-state index is 0.103. The van der Waals surface area contributed by atoms with Crippen molar-refractivity contribution in [2.45, 2.75) is 13.3 Å². The summed E-state index contributed by atoms with van der Waals surface area (Å²) in [6, 6.07) is 2.11. The fourth-order valence-corrected chi connectivity index (χ4v) is 0.822. The van der Waals surface area contributed by atoms with Crippen LogP contribution < -0.4 is 0 Å². The maximum absolute atomic E-state index is 10.9. The maximum Gasteiger partial charge on any atom is 0.409 e. The van der Waals surface area contributed by atoms with Gasteiger partial charge in [0.15, 0.2) is 0 Å². The van der Waals surface area contributed by atoms with E-state index < -0.39 is 6.09 Å². The van der Waals surface area contributed by atoms with E-state index in [0.717, 1.165) is 6.42 Å². The highest BCUT2D eigenvalue weighted by molar-refractivity contribution is 5.66. The molecule has 0 heterocycles. The van der Waals surface area contributed by atoms with Gasteiger partial charge in [-0.25, -0.2) is 4.79 Å². The topological polar surface area (TPSA) is 53.3 Å². The van der Waals surface area contributed by atoms with Crippen LogP contribution in [0.25, 0.3) is 0 Å². The zero-order valence-electron chi connectivity index (χ0n) is 7.70. The average Bonchev–Trinajstić information content (AvgIpc) is 2.12. The summed E-state index contributed by atoms with van der Waals surface area (Å²) in [7, 11) is 2.94. The average molecular weight is 170 g/mol. The smallest absolute Gasteiger partial charge is 0.409 e. The fourth-order valence-electron chi connectivity index (χ4n) is 0.822. The summed E-state index contributed by atoms with van der Waals surface area (Å²) in [5.74, 6) is -0.103. The highest BCUT2D eigenvalue weighted by atomic mass is 16.5. The van der Waals surface area contributed by atoms with E-state index in [1.54, 1.807) is 7.05 Å². The van der Waals surface area contributed by atoms with Gasteiger partial charge in [0.25, 0.3) is 0 Å². The highest BCUT2D eigenvalue weighted by Gasteiger charge is 2.13. The van der Waals surface area contributed by atoms with Crippen molar-refractivity contribution in [3.05, 3.63) is 0 Å². The van der Waals surface area contributed by atoms with Crippen LogP contribution in [0.3, 0.4) is 0 Å². The van der Waals surface area contributed by atoms with Crippen molar-refractivity contribution < 1.29 is 9.53 Å². The number of nitriles is 1. The normalized spacial score (nSPS) is 11.5. The Morgan fingerprint density at radius 1 is 1.75 bits per heavy atom. The van der Waals surface area contributed by atoms with Crippen LogP contribution in [0.1, 0.15) is 13.3 Å². The van der Waals surface area contributed by atoms with Gasteiger partial charge >= 0.3 is 6.09 Å². The molecule has 0 aliphatic carbocycles. The molecule has 0 aromatic rings. The van der Waals surface area contributed by atoms with Gasteiger partial charge in [-0.15, -0.1) is 0 Å². The number of methoxy groups -OCH3 is 1. The molecule has 0 rings (SSSR count). The number of hydrogen-bond donors (Lipinski definition) is 0. The molecule has 0 aromatic heterocycles. The van der Waals surface area contributed by atoms with Crippen LogP contribution in [0.5, 0.6) is 0 Å². The van der Waals surface area contributed by atoms with Gasteiger partial charge in [-0.1, -0.05) is 6.92 Å². The summed E-state index contributed by atoms with van der Waals surface area (Å²) < 4.78 is 4.48. The van der Waals surface area contributed by atoms with E-state index in [2.05, 4.69) is 10.8 Å². The number of nitrogens with zero attached hydrogens (tertiary/aromatic N) is 2. The van der Waals surface area contributed by atoms with Crippen molar-refractivity contribution in [3.8, 4) is 6.07 Å². The van der Waals surface area contributed by atoms with Crippen molar-refractivity contribution in [1.29, 1.82) is 5.26 Å². The monoisotopic (exact) mass is 170 g/mol. The van der Waals surface area contributed by atoms with Gasteiger partial charge in [0, 0.05) is 13.6 Å². The van der Waals surface area contributed by atoms with Crippen LogP contribution in [-0.4, -0.2) is 31.7 Å². The third-order valence-electron chi connectivity index (χ3n) is 1.66. The molecule has 0 aromatic carbocycles. The van der Waals surface area contributed by atoms with Crippen molar-refractivity contribution in [2.24, 2.45) is 5.92 Å². The van der Waals surface area contributed by atoms with Crippen molar-refractivity contribution in [1.82, 2.24) is 4.90 Å². The first-order valence-electron chi connectivity index (χ1n) is 3.84. The van der Waals surface area contributed by atoms with E-state index in [1.807, 2.05) is 6.92 Å². The number of carbonyl (C=O) groups is 1. The molecule has 0 saturated carbocycles. The molecule has 0 bridgehead atoms. The van der Waals surface area contributed by atoms with Crippen molar-refractivity contribution >= 4 is 6.09 Å². The molecule has 0 spiro atoms. The first-order chi connectivity index (χ1) is 5.65. The van der Waals surface area contributed by atoms with E-state index in [1.165, 1.54) is 12.0 Å². The van der Waals surface area contributed by atoms with Gasteiger partial charge in [0.1, 0.15) is 0 Å². The lowest BCUT2D eigenvalue weighted by atomic mass is 10.1. The Bertz CT molecular complexity index is 186. The van der Waals surface area contributed by atoms with Crippen LogP contribution in [0, 0.1) is 17.2 Å². The summed E-state index contributed by atoms with van der Waals surface area (Å²) in [4.78, 5) is 12.3. The predicted molar refractivity (Wildman–Crippen MR) is 44.4 cm³/mol. The Balaban J connectivity index is 3.91. The second-order valence-corrected chi connectivity index (χ2v) is 2.58. The molecule has 0 N–H and O–H groups in total. The van der Waals surface area contributed by atoms with E-state index in [-0.39, 0.29) is 5.92 Å². The quantitative estimate of drug-likeness (QED) is 0.640. The first kappa shape index (κ1) is 10.8. The molecule has 4 heteroatoms. The van der Waals surface area contributed by atoms with Gasteiger partial charge in [-0.3, -0.25) is 0 Å². The summed E-state index contributed by atoms with van der Waals surface area (Å²) in [6.07, 6.45) is 0.348. The number of amides is 1. The Labute approximate surface area is 72.7 Å². The molecule has 68 valence electrons. The molecule has 1 amide bonds. The number of hydrogen-bond acceptors (Lipinski definition) is 3. The molecule has 0 aliphatic heterocycles. The second-order valence-electron chi connectivity index (χ2n) is 2.58. The van der Waals surface area contributed by atoms with Gasteiger partial charge in [0.2, 0.25) is 0 Å². The minimum atomic E-state index is -0.399. The predicted octanol–water partition coefficient (Wildman–Crippen LogP) is 1.23. The third-order valence-corrected chi connectivity index (χ3v) is 1.66. The summed E-state index contributed by atoms with van der Waals surface area (Å²) in [5.41, 5.74) is 0. The lowest BCUT2D eigenvalue weighted by molar-refractivity contribution is 0.130. The van der Waals surface area contributed by atoms with Crippen LogP contribution in [0.2, 0.25) is 0 Å². The molecule has 0 saturated heterocycles. The van der Waals surface area contributed by atoms with Gasteiger partial charge in [0.05, 0.1) is 19.1 Å². The van der Waals surface area contributed by atoms with Gasteiger partial charge in [-0.05, 0) is 6.42 Å². The molecule has 1 atom stereocenters. The molecule has 0 fully saturated rings. The molecule has 4 nitrogen and oxygen atoms in total. The summed E-state index contributed by atoms with van der Waals surface area (Å²) >= 11 is 0. The van der Waals surface area contributed by atoms with E-state index in [0.29, 0.717) is 6.54 Å². The standard InChI is InChI=1S/C8H14N2O2/c1-4-7(5-9)6-10(2)8(11)12-3/h7H,4,6H2,1-3H3. The van der Waals surface area contributed by atoms with Crippen LogP contribution in [0.15, 0.2) is 0 Å². The Kier molecular flexibility index (Phi) is 4.86. The molecule has 0 radical (unpaired) electrons. The molecule has 12 heavy (non-hydrogen) atoms. The lowest BCUT2D eigenvalue weighted by Crippen LogP contribution is -2.31. The first-order valence-corrected chi connectivity index (χ1v) is 3.84. The highest BCUT2D eigenvalue weighted by Crippen LogP contribution is 2.03. The van der Waals surface area contributed by atoms with Crippen LogP contribution >= 0.6 is 0 Å². The molecular weight excluding hydrogens is 156 g/mol. The zero-order valence-corrected chi connectivity index (χ0v) is 7.70. The Morgan fingerprint density at radius 2 is 2.33 bits per heavy atom. The summed E-state index contributed by atoms with van der Waals surface area (Å²) in [6.45, 7) is 2.35. The lowest BCUT2D eigenvalue weighted by Gasteiger charge is -2.17. The second kappa shape index (κ2) is 5.42. The Morgan fingerprint density at radius 3 is 2.67 bits per heavy atom. The number of rotatable bonds is 3. The van der Waals surface area contributed by atoms with Crippen molar-refractivity contribution in [3.63, 3.8) is 0 Å². The Hall–Kier alpha value is -1.24. The van der Waals surface area contributed by atoms with E-state index in [9.17, 15) is 4.79 Å². The minimum Gasteiger partial charge on any atom is -0.453 e. The SMILES string of the molecule is CCC(C#N)CN(C)C(=O)OC. The maximum atomic E-state index is 10.9. The van der Waals surface area contributed by atoms with Crippen LogP contribution in [0.4, 0.5) is 4.79 Å². The van der Waals surface area contributed by atoms with Gasteiger partial charge < -0.3 is 9.64 Å². The summed E-state index contributed by atoms with van der Waals surface area (Å²) in [5, 5.41) is 8.60. The fraction of sp³-hybridized carbons (Fsp3) is 0.750.